The maximum atomic E-state index is 13.6. The number of aryl methyl sites for hydroxylation is 1. The van der Waals surface area contributed by atoms with Crippen LogP contribution in [-0.4, -0.2) is 48.9 Å². The third-order valence-corrected chi connectivity index (χ3v) is 4.60. The number of amides is 2. The average Bonchev–Trinajstić information content (AvgIpc) is 3.04. The molecule has 1 aromatic heterocycles. The Morgan fingerprint density at radius 3 is 2.74 bits per heavy atom. The number of aromatic amines is 1. The highest BCUT2D eigenvalue weighted by atomic mass is 19.1. The van der Waals surface area contributed by atoms with E-state index in [4.69, 9.17) is 0 Å². The molecule has 2 aromatic rings. The number of carbonyl (C=O) groups is 2. The van der Waals surface area contributed by atoms with E-state index in [-0.39, 0.29) is 11.8 Å². The lowest BCUT2D eigenvalue weighted by atomic mass is 10.0. The predicted octanol–water partition coefficient (Wildman–Crippen LogP) is 2.55. The van der Waals surface area contributed by atoms with Crippen LogP contribution < -0.4 is 10.6 Å². The maximum Gasteiger partial charge on any atom is 0.256 e. The molecular weight excluding hydrogens is 347 g/mol. The highest BCUT2D eigenvalue weighted by Gasteiger charge is 2.26. The van der Waals surface area contributed by atoms with Crippen molar-refractivity contribution in [2.75, 3.05) is 32.5 Å². The summed E-state index contributed by atoms with van der Waals surface area (Å²) in [5.41, 5.74) is 4.16. The lowest BCUT2D eigenvalue weighted by Gasteiger charge is -2.10. The Morgan fingerprint density at radius 2 is 2.04 bits per heavy atom. The summed E-state index contributed by atoms with van der Waals surface area (Å²) in [5, 5.41) is 5.63. The molecule has 0 aliphatic carbocycles. The van der Waals surface area contributed by atoms with Gasteiger partial charge in [-0.05, 0) is 57.8 Å². The molecule has 0 saturated carbocycles. The molecule has 0 unspecified atom stereocenters. The molecular formula is C20H23FN4O2. The van der Waals surface area contributed by atoms with Crippen LogP contribution in [-0.2, 0) is 4.79 Å². The Balaban J connectivity index is 1.91. The van der Waals surface area contributed by atoms with Gasteiger partial charge in [0, 0.05) is 35.7 Å². The first kappa shape index (κ1) is 18.8. The molecule has 1 aliphatic heterocycles. The molecule has 2 heterocycles. The Kier molecular flexibility index (Phi) is 5.14. The minimum Gasteiger partial charge on any atom is -0.358 e. The van der Waals surface area contributed by atoms with Gasteiger partial charge in [-0.1, -0.05) is 0 Å². The summed E-state index contributed by atoms with van der Waals surface area (Å²) in [7, 11) is 3.88. The topological polar surface area (TPSA) is 77.2 Å². The SMILES string of the molecule is Cc1[nH]c(/C=C2/C(=O)Nc3ccc(F)cc32)c(C)c1C(=O)NCCN(C)C. The predicted molar refractivity (Wildman–Crippen MR) is 104 cm³/mol. The first-order valence-electron chi connectivity index (χ1n) is 8.73. The minimum atomic E-state index is -0.406. The smallest absolute Gasteiger partial charge is 0.256 e. The number of nitrogens with one attached hydrogen (secondary N) is 3. The lowest BCUT2D eigenvalue weighted by Crippen LogP contribution is -2.31. The van der Waals surface area contributed by atoms with E-state index in [2.05, 4.69) is 15.6 Å². The third-order valence-electron chi connectivity index (χ3n) is 4.60. The molecule has 0 spiro atoms. The van der Waals surface area contributed by atoms with Crippen LogP contribution in [0.15, 0.2) is 18.2 Å². The number of H-pyrrole nitrogens is 1. The second-order valence-corrected chi connectivity index (χ2v) is 6.92. The van der Waals surface area contributed by atoms with E-state index in [9.17, 15) is 14.0 Å². The van der Waals surface area contributed by atoms with Crippen molar-refractivity contribution >= 4 is 29.2 Å². The molecule has 6 nitrogen and oxygen atoms in total. The summed E-state index contributed by atoms with van der Waals surface area (Å²) in [6.45, 7) is 4.93. The fraction of sp³-hybridized carbons (Fsp3) is 0.300. The number of fused-ring (bicyclic) bond motifs is 1. The van der Waals surface area contributed by atoms with Crippen LogP contribution in [0.4, 0.5) is 10.1 Å². The van der Waals surface area contributed by atoms with Gasteiger partial charge in [-0.15, -0.1) is 0 Å². The Labute approximate surface area is 157 Å². The molecule has 1 aliphatic rings. The van der Waals surface area contributed by atoms with Crippen molar-refractivity contribution in [1.82, 2.24) is 15.2 Å². The van der Waals surface area contributed by atoms with E-state index in [1.165, 1.54) is 12.1 Å². The van der Waals surface area contributed by atoms with Crippen LogP contribution in [0.25, 0.3) is 11.6 Å². The molecule has 0 bridgehead atoms. The lowest BCUT2D eigenvalue weighted by molar-refractivity contribution is -0.110. The molecule has 1 aromatic carbocycles. The Hall–Kier alpha value is -2.93. The number of nitrogens with zero attached hydrogens (tertiary/aromatic N) is 1. The minimum absolute atomic E-state index is 0.157. The fourth-order valence-corrected chi connectivity index (χ4v) is 3.19. The van der Waals surface area contributed by atoms with Crippen LogP contribution in [0.3, 0.4) is 0 Å². The van der Waals surface area contributed by atoms with Gasteiger partial charge in [0.15, 0.2) is 0 Å². The van der Waals surface area contributed by atoms with Crippen molar-refractivity contribution < 1.29 is 14.0 Å². The van der Waals surface area contributed by atoms with Crippen molar-refractivity contribution in [3.8, 4) is 0 Å². The van der Waals surface area contributed by atoms with Gasteiger partial charge in [0.1, 0.15) is 5.82 Å². The van der Waals surface area contributed by atoms with Crippen molar-refractivity contribution in [3.63, 3.8) is 0 Å². The number of benzene rings is 1. The highest BCUT2D eigenvalue weighted by molar-refractivity contribution is 6.34. The van der Waals surface area contributed by atoms with Crippen LogP contribution in [0.1, 0.15) is 32.9 Å². The number of rotatable bonds is 5. The molecule has 0 radical (unpaired) electrons. The van der Waals surface area contributed by atoms with Crippen LogP contribution in [0, 0.1) is 19.7 Å². The number of likely N-dealkylation sites (N-methyl/N-ethyl adjacent to an activating group) is 1. The molecule has 2 amide bonds. The first-order chi connectivity index (χ1) is 12.8. The zero-order valence-corrected chi connectivity index (χ0v) is 15.9. The van der Waals surface area contributed by atoms with Crippen molar-refractivity contribution in [2.45, 2.75) is 13.8 Å². The Morgan fingerprint density at radius 1 is 1.30 bits per heavy atom. The zero-order chi connectivity index (χ0) is 19.7. The number of halogens is 1. The second kappa shape index (κ2) is 7.36. The normalized spacial score (nSPS) is 14.6. The molecule has 142 valence electrons. The summed E-state index contributed by atoms with van der Waals surface area (Å²) < 4.78 is 13.6. The summed E-state index contributed by atoms with van der Waals surface area (Å²) in [6, 6.07) is 4.18. The third kappa shape index (κ3) is 3.78. The summed E-state index contributed by atoms with van der Waals surface area (Å²) in [4.78, 5) is 30.0. The van der Waals surface area contributed by atoms with E-state index >= 15 is 0 Å². The van der Waals surface area contributed by atoms with E-state index in [0.717, 1.165) is 17.8 Å². The van der Waals surface area contributed by atoms with Crippen LogP contribution in [0.2, 0.25) is 0 Å². The Bertz CT molecular complexity index is 944. The molecule has 27 heavy (non-hydrogen) atoms. The summed E-state index contributed by atoms with van der Waals surface area (Å²) in [5.74, 6) is -0.856. The molecule has 0 saturated heterocycles. The van der Waals surface area contributed by atoms with Crippen LogP contribution in [0.5, 0.6) is 0 Å². The van der Waals surface area contributed by atoms with Crippen molar-refractivity contribution in [3.05, 3.63) is 52.1 Å². The van der Waals surface area contributed by atoms with E-state index < -0.39 is 5.82 Å². The average molecular weight is 370 g/mol. The summed E-state index contributed by atoms with van der Waals surface area (Å²) >= 11 is 0. The molecule has 3 rings (SSSR count). The van der Waals surface area contributed by atoms with E-state index in [1.54, 1.807) is 12.1 Å². The zero-order valence-electron chi connectivity index (χ0n) is 15.9. The van der Waals surface area contributed by atoms with Crippen molar-refractivity contribution in [2.24, 2.45) is 0 Å². The van der Waals surface area contributed by atoms with Gasteiger partial charge in [0.05, 0.1) is 11.1 Å². The maximum absolute atomic E-state index is 13.6. The standard InChI is InChI=1S/C20H23FN4O2/c1-11-17(23-12(2)18(11)20(27)22-7-8-25(3)4)10-15-14-9-13(21)5-6-16(14)24-19(15)26/h5-6,9-10,23H,7-8H2,1-4H3,(H,22,27)(H,24,26)/b15-10+. The number of hydrogen-bond acceptors (Lipinski definition) is 3. The highest BCUT2D eigenvalue weighted by Crippen LogP contribution is 2.34. The van der Waals surface area contributed by atoms with Gasteiger partial charge in [0.2, 0.25) is 0 Å². The molecule has 0 atom stereocenters. The van der Waals surface area contributed by atoms with E-state index in [1.807, 2.05) is 32.8 Å². The number of anilines is 1. The fourth-order valence-electron chi connectivity index (χ4n) is 3.19. The van der Waals surface area contributed by atoms with Gasteiger partial charge in [-0.25, -0.2) is 4.39 Å². The molecule has 7 heteroatoms. The molecule has 0 fully saturated rings. The van der Waals surface area contributed by atoms with Crippen molar-refractivity contribution in [1.29, 1.82) is 0 Å². The van der Waals surface area contributed by atoms with Gasteiger partial charge < -0.3 is 20.5 Å². The van der Waals surface area contributed by atoms with Gasteiger partial charge in [-0.2, -0.15) is 0 Å². The molecule has 3 N–H and O–H groups in total. The summed E-state index contributed by atoms with van der Waals surface area (Å²) in [6.07, 6.45) is 1.67. The number of hydrogen-bond donors (Lipinski definition) is 3. The quantitative estimate of drug-likeness (QED) is 0.708. The van der Waals surface area contributed by atoms with Crippen LogP contribution >= 0.6 is 0 Å². The van der Waals surface area contributed by atoms with Gasteiger partial charge in [0.25, 0.3) is 11.8 Å². The largest absolute Gasteiger partial charge is 0.358 e. The first-order valence-corrected chi connectivity index (χ1v) is 8.73. The number of carbonyl (C=O) groups excluding carboxylic acids is 2. The number of aromatic nitrogens is 1. The second-order valence-electron chi connectivity index (χ2n) is 6.92. The van der Waals surface area contributed by atoms with Gasteiger partial charge in [-0.3, -0.25) is 9.59 Å². The monoisotopic (exact) mass is 370 g/mol. The van der Waals surface area contributed by atoms with Gasteiger partial charge >= 0.3 is 0 Å². The van der Waals surface area contributed by atoms with E-state index in [0.29, 0.717) is 34.6 Å².